The van der Waals surface area contributed by atoms with Crippen molar-refractivity contribution in [3.05, 3.63) is 82.2 Å². The fourth-order valence-corrected chi connectivity index (χ4v) is 3.49. The Balaban J connectivity index is 1.75. The molecule has 0 bridgehead atoms. The Kier molecular flexibility index (Phi) is 5.80. The standard InChI is InChI=1S/C23H24ClN3O2/c1-14-9-21-16(11-23(3,4)29-21)10-18(14)20(12-25)26-13-15(2)27-22(28)17-7-5-6-8-19(17)24/h5-10,12-13H,2,11,25H2,1,3-4H3,(H,27,28)/b20-12-,26-13?. The van der Waals surface area contributed by atoms with Gasteiger partial charge in [0.1, 0.15) is 11.4 Å². The van der Waals surface area contributed by atoms with Gasteiger partial charge in [-0.1, -0.05) is 30.3 Å². The third kappa shape index (κ3) is 4.69. The third-order valence-electron chi connectivity index (χ3n) is 4.60. The molecule has 2 aromatic rings. The number of rotatable bonds is 5. The van der Waals surface area contributed by atoms with E-state index in [4.69, 9.17) is 22.1 Å². The van der Waals surface area contributed by atoms with E-state index in [0.717, 1.165) is 28.9 Å². The second-order valence-electron chi connectivity index (χ2n) is 7.58. The number of hydrogen-bond donors (Lipinski definition) is 2. The van der Waals surface area contributed by atoms with Crippen molar-refractivity contribution in [2.24, 2.45) is 10.7 Å². The van der Waals surface area contributed by atoms with Crippen molar-refractivity contribution in [1.29, 1.82) is 0 Å². The molecule has 3 N–H and O–H groups in total. The van der Waals surface area contributed by atoms with Crippen LogP contribution in [0.25, 0.3) is 5.70 Å². The first-order chi connectivity index (χ1) is 13.7. The number of hydrogen-bond acceptors (Lipinski definition) is 4. The molecule has 0 spiro atoms. The van der Waals surface area contributed by atoms with E-state index in [2.05, 4.69) is 36.8 Å². The van der Waals surface area contributed by atoms with Gasteiger partial charge in [0.25, 0.3) is 5.91 Å². The number of nitrogens with one attached hydrogen (secondary N) is 1. The van der Waals surface area contributed by atoms with Gasteiger partial charge in [-0.2, -0.15) is 0 Å². The number of benzene rings is 2. The fourth-order valence-electron chi connectivity index (χ4n) is 3.27. The van der Waals surface area contributed by atoms with E-state index < -0.39 is 0 Å². The number of aliphatic imine (C=N–C) groups is 1. The van der Waals surface area contributed by atoms with Crippen molar-refractivity contribution in [2.45, 2.75) is 32.8 Å². The van der Waals surface area contributed by atoms with Gasteiger partial charge in [0, 0.05) is 18.2 Å². The molecule has 1 aliphatic rings. The van der Waals surface area contributed by atoms with Gasteiger partial charge in [-0.25, -0.2) is 0 Å². The molecule has 0 saturated heterocycles. The summed E-state index contributed by atoms with van der Waals surface area (Å²) < 4.78 is 5.98. The van der Waals surface area contributed by atoms with Crippen molar-refractivity contribution in [2.75, 3.05) is 0 Å². The van der Waals surface area contributed by atoms with Crippen LogP contribution in [0.1, 0.15) is 40.9 Å². The smallest absolute Gasteiger partial charge is 0.257 e. The van der Waals surface area contributed by atoms with Crippen molar-refractivity contribution in [3.8, 4) is 5.75 Å². The number of ether oxygens (including phenoxy) is 1. The summed E-state index contributed by atoms with van der Waals surface area (Å²) in [5.41, 5.74) is 9.93. The van der Waals surface area contributed by atoms with Crippen LogP contribution in [-0.4, -0.2) is 17.7 Å². The largest absolute Gasteiger partial charge is 0.487 e. The van der Waals surface area contributed by atoms with Gasteiger partial charge in [-0.05, 0) is 56.2 Å². The molecule has 1 aliphatic heterocycles. The molecule has 0 radical (unpaired) electrons. The van der Waals surface area contributed by atoms with Crippen molar-refractivity contribution >= 4 is 29.4 Å². The van der Waals surface area contributed by atoms with Crippen LogP contribution in [0.15, 0.2) is 59.9 Å². The Bertz CT molecular complexity index is 1040. The lowest BCUT2D eigenvalue weighted by Gasteiger charge is -2.16. The van der Waals surface area contributed by atoms with Crippen LogP contribution in [0.2, 0.25) is 5.02 Å². The average molecular weight is 410 g/mol. The van der Waals surface area contributed by atoms with Crippen LogP contribution in [0.4, 0.5) is 0 Å². The number of fused-ring (bicyclic) bond motifs is 1. The zero-order valence-electron chi connectivity index (χ0n) is 16.8. The molecule has 2 aromatic carbocycles. The third-order valence-corrected chi connectivity index (χ3v) is 4.93. The highest BCUT2D eigenvalue weighted by atomic mass is 35.5. The normalized spacial score (nSPS) is 15.1. The van der Waals surface area contributed by atoms with Crippen molar-refractivity contribution in [1.82, 2.24) is 5.32 Å². The van der Waals surface area contributed by atoms with Crippen LogP contribution in [0, 0.1) is 6.92 Å². The highest BCUT2D eigenvalue weighted by Crippen LogP contribution is 2.38. The topological polar surface area (TPSA) is 76.7 Å². The molecule has 29 heavy (non-hydrogen) atoms. The minimum absolute atomic E-state index is 0.222. The Morgan fingerprint density at radius 2 is 2.03 bits per heavy atom. The van der Waals surface area contributed by atoms with Gasteiger partial charge < -0.3 is 15.8 Å². The number of nitrogens with zero attached hydrogens (tertiary/aromatic N) is 1. The summed E-state index contributed by atoms with van der Waals surface area (Å²) in [7, 11) is 0. The molecule has 5 nitrogen and oxygen atoms in total. The number of halogens is 1. The predicted molar refractivity (Wildman–Crippen MR) is 118 cm³/mol. The zero-order valence-corrected chi connectivity index (χ0v) is 17.5. The van der Waals surface area contributed by atoms with Gasteiger partial charge in [0.05, 0.1) is 28.2 Å². The Morgan fingerprint density at radius 1 is 1.31 bits per heavy atom. The second-order valence-corrected chi connectivity index (χ2v) is 7.99. The highest BCUT2D eigenvalue weighted by Gasteiger charge is 2.30. The Morgan fingerprint density at radius 3 is 2.72 bits per heavy atom. The van der Waals surface area contributed by atoms with Gasteiger partial charge in [-0.15, -0.1) is 0 Å². The summed E-state index contributed by atoms with van der Waals surface area (Å²) in [4.78, 5) is 16.8. The summed E-state index contributed by atoms with van der Waals surface area (Å²) in [5, 5.41) is 3.05. The van der Waals surface area contributed by atoms with Crippen LogP contribution in [-0.2, 0) is 6.42 Å². The summed E-state index contributed by atoms with van der Waals surface area (Å²) in [6, 6.07) is 10.9. The minimum atomic E-state index is -0.349. The Hall–Kier alpha value is -3.05. The lowest BCUT2D eigenvalue weighted by molar-refractivity contribution is 0.0968. The van der Waals surface area contributed by atoms with Gasteiger partial charge in [0.2, 0.25) is 0 Å². The SMILES string of the molecule is C=C(C=N/C(=C\N)c1cc2c(cc1C)OC(C)(C)C2)NC(=O)c1ccccc1Cl. The maximum Gasteiger partial charge on any atom is 0.257 e. The van der Waals surface area contributed by atoms with E-state index >= 15 is 0 Å². The van der Waals surface area contributed by atoms with Crippen molar-refractivity contribution < 1.29 is 9.53 Å². The number of aryl methyl sites for hydroxylation is 1. The van der Waals surface area contributed by atoms with Crippen LogP contribution < -0.4 is 15.8 Å². The van der Waals surface area contributed by atoms with Crippen LogP contribution in [0.3, 0.4) is 0 Å². The molecular formula is C23H24ClN3O2. The van der Waals surface area contributed by atoms with Crippen LogP contribution in [0.5, 0.6) is 5.75 Å². The van der Waals surface area contributed by atoms with E-state index in [9.17, 15) is 4.79 Å². The first kappa shape index (κ1) is 20.7. The number of amides is 1. The maximum atomic E-state index is 12.3. The lowest BCUT2D eigenvalue weighted by Crippen LogP contribution is -2.24. The van der Waals surface area contributed by atoms with E-state index in [0.29, 0.717) is 22.0 Å². The molecule has 0 saturated carbocycles. The van der Waals surface area contributed by atoms with E-state index in [-0.39, 0.29) is 11.5 Å². The predicted octanol–water partition coefficient (Wildman–Crippen LogP) is 4.63. The summed E-state index contributed by atoms with van der Waals surface area (Å²) in [6.45, 7) is 9.94. The van der Waals surface area contributed by atoms with E-state index in [1.54, 1.807) is 24.3 Å². The zero-order chi connectivity index (χ0) is 21.2. The summed E-state index contributed by atoms with van der Waals surface area (Å²) in [6.07, 6.45) is 3.73. The minimum Gasteiger partial charge on any atom is -0.487 e. The van der Waals surface area contributed by atoms with Gasteiger partial charge in [0.15, 0.2) is 0 Å². The Labute approximate surface area is 175 Å². The van der Waals surface area contributed by atoms with Gasteiger partial charge in [-0.3, -0.25) is 9.79 Å². The van der Waals surface area contributed by atoms with E-state index in [1.165, 1.54) is 12.4 Å². The number of allylic oxidation sites excluding steroid dienone is 1. The molecule has 0 aromatic heterocycles. The summed E-state index contributed by atoms with van der Waals surface area (Å²) in [5.74, 6) is 0.548. The summed E-state index contributed by atoms with van der Waals surface area (Å²) >= 11 is 6.06. The highest BCUT2D eigenvalue weighted by molar-refractivity contribution is 6.33. The molecule has 3 rings (SSSR count). The molecule has 6 heteroatoms. The average Bonchev–Trinajstić information content (AvgIpc) is 2.95. The first-order valence-electron chi connectivity index (χ1n) is 9.24. The first-order valence-corrected chi connectivity index (χ1v) is 9.61. The molecule has 0 unspecified atom stereocenters. The molecule has 150 valence electrons. The second kappa shape index (κ2) is 8.13. The molecule has 0 aliphatic carbocycles. The van der Waals surface area contributed by atoms with Gasteiger partial charge >= 0.3 is 0 Å². The van der Waals surface area contributed by atoms with Crippen LogP contribution >= 0.6 is 11.6 Å². The molecule has 1 amide bonds. The number of carbonyl (C=O) groups is 1. The molecule has 0 atom stereocenters. The lowest BCUT2D eigenvalue weighted by atomic mass is 9.97. The molecule has 1 heterocycles. The monoisotopic (exact) mass is 409 g/mol. The molecule has 0 fully saturated rings. The van der Waals surface area contributed by atoms with Crippen molar-refractivity contribution in [3.63, 3.8) is 0 Å². The number of nitrogens with two attached hydrogens (primary N) is 1. The number of carbonyl (C=O) groups excluding carboxylic acids is 1. The van der Waals surface area contributed by atoms with E-state index in [1.807, 2.05) is 13.0 Å². The fraction of sp³-hybridized carbons (Fsp3) is 0.217. The quantitative estimate of drug-likeness (QED) is 0.706. The maximum absolute atomic E-state index is 12.3. The molecular weight excluding hydrogens is 386 g/mol.